The first-order valence-electron chi connectivity index (χ1n) is 5.52. The fourth-order valence-electron chi connectivity index (χ4n) is 1.47. The lowest BCUT2D eigenvalue weighted by Crippen LogP contribution is -2.21. The van der Waals surface area contributed by atoms with Gasteiger partial charge in [-0.3, -0.25) is 4.79 Å². The third kappa shape index (κ3) is 4.57. The van der Waals surface area contributed by atoms with Gasteiger partial charge in [0.2, 0.25) is 0 Å². The summed E-state index contributed by atoms with van der Waals surface area (Å²) < 4.78 is 4.84. The van der Waals surface area contributed by atoms with Crippen molar-refractivity contribution < 1.29 is 9.53 Å². The highest BCUT2D eigenvalue weighted by Crippen LogP contribution is 2.09. The van der Waals surface area contributed by atoms with Crippen molar-refractivity contribution in [1.82, 2.24) is 0 Å². The lowest BCUT2D eigenvalue weighted by Gasteiger charge is -2.09. The molecule has 0 heterocycles. The Morgan fingerprint density at radius 1 is 1.47 bits per heavy atom. The molecule has 5 nitrogen and oxygen atoms in total. The van der Waals surface area contributed by atoms with Crippen molar-refractivity contribution in [3.63, 3.8) is 0 Å². The van der Waals surface area contributed by atoms with Gasteiger partial charge in [0.05, 0.1) is 6.61 Å². The van der Waals surface area contributed by atoms with Gasteiger partial charge < -0.3 is 4.74 Å². The van der Waals surface area contributed by atoms with E-state index >= 15 is 0 Å². The van der Waals surface area contributed by atoms with E-state index < -0.39 is 12.0 Å². The first-order chi connectivity index (χ1) is 8.27. The molecule has 0 N–H and O–H groups in total. The highest BCUT2D eigenvalue weighted by atomic mass is 16.5. The van der Waals surface area contributed by atoms with Crippen LogP contribution in [0.5, 0.6) is 0 Å². The molecule has 0 aliphatic carbocycles. The zero-order valence-electron chi connectivity index (χ0n) is 9.74. The number of aryl methyl sites for hydroxylation is 1. The third-order valence-corrected chi connectivity index (χ3v) is 2.30. The Bertz CT molecular complexity index is 399. The summed E-state index contributed by atoms with van der Waals surface area (Å²) in [6.07, 6.45) is 1.15. The third-order valence-electron chi connectivity index (χ3n) is 2.30. The lowest BCUT2D eigenvalue weighted by molar-refractivity contribution is -0.144. The van der Waals surface area contributed by atoms with Gasteiger partial charge >= 0.3 is 5.97 Å². The Balaban J connectivity index is 2.56. The van der Waals surface area contributed by atoms with Crippen molar-refractivity contribution in [2.75, 3.05) is 6.61 Å². The van der Waals surface area contributed by atoms with Crippen LogP contribution in [0.3, 0.4) is 0 Å². The fraction of sp³-hybridized carbons (Fsp3) is 0.417. The number of esters is 1. The highest BCUT2D eigenvalue weighted by Gasteiger charge is 2.17. The van der Waals surface area contributed by atoms with Crippen LogP contribution in [0.1, 0.15) is 18.9 Å². The Labute approximate surface area is 100 Å². The molecule has 1 atom stereocenters. The molecule has 17 heavy (non-hydrogen) atoms. The molecule has 0 aliphatic rings. The number of carbonyl (C=O) groups excluding carboxylic acids is 1. The minimum absolute atomic E-state index is 0.293. The van der Waals surface area contributed by atoms with E-state index in [1.807, 2.05) is 30.3 Å². The average molecular weight is 233 g/mol. The van der Waals surface area contributed by atoms with Gasteiger partial charge in [-0.1, -0.05) is 35.4 Å². The molecule has 0 amide bonds. The zero-order chi connectivity index (χ0) is 12.5. The van der Waals surface area contributed by atoms with Crippen LogP contribution in [0.15, 0.2) is 35.4 Å². The Morgan fingerprint density at radius 3 is 2.76 bits per heavy atom. The van der Waals surface area contributed by atoms with Gasteiger partial charge in [0.1, 0.15) is 6.04 Å². The molecule has 90 valence electrons. The van der Waals surface area contributed by atoms with E-state index in [1.54, 1.807) is 6.92 Å². The van der Waals surface area contributed by atoms with Crippen molar-refractivity contribution in [3.8, 4) is 0 Å². The standard InChI is InChI=1S/C12H15N3O2/c1-2-17-12(16)11(14-15-13)9-8-10-6-4-3-5-7-10/h3-7,11H,2,8-9H2,1H3/t11-/m0/s1. The van der Waals surface area contributed by atoms with Crippen molar-refractivity contribution in [2.24, 2.45) is 5.11 Å². The zero-order valence-corrected chi connectivity index (χ0v) is 9.74. The Hall–Kier alpha value is -2.00. The molecule has 0 aliphatic heterocycles. The Kier molecular flexibility index (Phi) is 5.61. The Morgan fingerprint density at radius 2 is 2.18 bits per heavy atom. The van der Waals surface area contributed by atoms with Crippen LogP contribution in [-0.4, -0.2) is 18.6 Å². The van der Waals surface area contributed by atoms with Crippen LogP contribution in [0.2, 0.25) is 0 Å². The molecular formula is C12H15N3O2. The maximum absolute atomic E-state index is 11.5. The molecule has 5 heteroatoms. The molecule has 1 aromatic rings. The van der Waals surface area contributed by atoms with Crippen LogP contribution >= 0.6 is 0 Å². The molecule has 0 bridgehead atoms. The summed E-state index contributed by atoms with van der Waals surface area (Å²) in [4.78, 5) is 14.1. The largest absolute Gasteiger partial charge is 0.466 e. The number of carbonyl (C=O) groups is 1. The molecule has 1 aromatic carbocycles. The molecule has 0 saturated carbocycles. The van der Waals surface area contributed by atoms with E-state index in [4.69, 9.17) is 10.3 Å². The first-order valence-corrected chi connectivity index (χ1v) is 5.52. The number of nitrogens with zero attached hydrogens (tertiary/aromatic N) is 3. The van der Waals surface area contributed by atoms with Gasteiger partial charge in [-0.15, -0.1) is 0 Å². The molecule has 0 unspecified atom stereocenters. The van der Waals surface area contributed by atoms with E-state index in [0.717, 1.165) is 5.56 Å². The van der Waals surface area contributed by atoms with Crippen LogP contribution in [0.25, 0.3) is 10.4 Å². The summed E-state index contributed by atoms with van der Waals surface area (Å²) >= 11 is 0. The van der Waals surface area contributed by atoms with E-state index in [2.05, 4.69) is 10.0 Å². The van der Waals surface area contributed by atoms with Gasteiger partial charge in [0.15, 0.2) is 0 Å². The molecule has 0 spiro atoms. The van der Waals surface area contributed by atoms with Gasteiger partial charge in [0, 0.05) is 4.91 Å². The molecule has 0 fully saturated rings. The maximum Gasteiger partial charge on any atom is 0.314 e. The molecule has 1 rings (SSSR count). The number of azide groups is 1. The summed E-state index contributed by atoms with van der Waals surface area (Å²) in [6, 6.07) is 9.00. The fourth-order valence-corrected chi connectivity index (χ4v) is 1.47. The average Bonchev–Trinajstić information content (AvgIpc) is 2.36. The topological polar surface area (TPSA) is 75.1 Å². The smallest absolute Gasteiger partial charge is 0.314 e. The number of benzene rings is 1. The van der Waals surface area contributed by atoms with E-state index in [-0.39, 0.29) is 0 Å². The van der Waals surface area contributed by atoms with Crippen molar-refractivity contribution in [3.05, 3.63) is 46.3 Å². The number of hydrogen-bond acceptors (Lipinski definition) is 3. The van der Waals surface area contributed by atoms with Crippen LogP contribution in [-0.2, 0) is 16.0 Å². The van der Waals surface area contributed by atoms with Gasteiger partial charge in [0.25, 0.3) is 0 Å². The molecule has 0 aromatic heterocycles. The monoisotopic (exact) mass is 233 g/mol. The highest BCUT2D eigenvalue weighted by molar-refractivity contribution is 5.75. The normalized spacial score (nSPS) is 11.4. The number of ether oxygens (including phenoxy) is 1. The van der Waals surface area contributed by atoms with Gasteiger partial charge in [-0.05, 0) is 30.9 Å². The number of rotatable bonds is 6. The quantitative estimate of drug-likeness (QED) is 0.328. The summed E-state index contributed by atoms with van der Waals surface area (Å²) in [7, 11) is 0. The van der Waals surface area contributed by atoms with Crippen LogP contribution < -0.4 is 0 Å². The van der Waals surface area contributed by atoms with Crippen molar-refractivity contribution in [2.45, 2.75) is 25.8 Å². The second kappa shape index (κ2) is 7.30. The lowest BCUT2D eigenvalue weighted by atomic mass is 10.1. The number of hydrogen-bond donors (Lipinski definition) is 0. The molecular weight excluding hydrogens is 218 g/mol. The van der Waals surface area contributed by atoms with E-state index in [9.17, 15) is 4.79 Å². The van der Waals surface area contributed by atoms with Gasteiger partial charge in [-0.25, -0.2) is 0 Å². The molecule has 0 saturated heterocycles. The van der Waals surface area contributed by atoms with E-state index in [1.165, 1.54) is 0 Å². The summed E-state index contributed by atoms with van der Waals surface area (Å²) in [6.45, 7) is 2.02. The van der Waals surface area contributed by atoms with E-state index in [0.29, 0.717) is 19.4 Å². The van der Waals surface area contributed by atoms with Crippen LogP contribution in [0.4, 0.5) is 0 Å². The predicted octanol–water partition coefficient (Wildman–Crippen LogP) is 2.86. The van der Waals surface area contributed by atoms with Crippen molar-refractivity contribution >= 4 is 5.97 Å². The summed E-state index contributed by atoms with van der Waals surface area (Å²) in [5.41, 5.74) is 9.51. The minimum Gasteiger partial charge on any atom is -0.466 e. The summed E-state index contributed by atoms with van der Waals surface area (Å²) in [5, 5.41) is 3.46. The first kappa shape index (κ1) is 13.1. The second-order valence-corrected chi connectivity index (χ2v) is 3.50. The predicted molar refractivity (Wildman–Crippen MR) is 64.3 cm³/mol. The SMILES string of the molecule is CCOC(=O)[C@H](CCc1ccccc1)N=[N+]=[N-]. The van der Waals surface area contributed by atoms with Crippen molar-refractivity contribution in [1.29, 1.82) is 0 Å². The van der Waals surface area contributed by atoms with Gasteiger partial charge in [-0.2, -0.15) is 0 Å². The molecule has 0 radical (unpaired) electrons. The maximum atomic E-state index is 11.5. The summed E-state index contributed by atoms with van der Waals surface area (Å²) in [5.74, 6) is -0.457. The second-order valence-electron chi connectivity index (χ2n) is 3.50. The minimum atomic E-state index is -0.736. The van der Waals surface area contributed by atoms with Crippen LogP contribution in [0, 0.1) is 0 Å².